The quantitative estimate of drug-likeness (QED) is 0.272. The summed E-state index contributed by atoms with van der Waals surface area (Å²) < 4.78 is 0.580. The van der Waals surface area contributed by atoms with Crippen LogP contribution >= 0.6 is 47.2 Å². The van der Waals surface area contributed by atoms with E-state index in [2.05, 4.69) is 20.6 Å². The van der Waals surface area contributed by atoms with Crippen molar-refractivity contribution in [3.8, 4) is 11.1 Å². The Morgan fingerprint density at radius 3 is 2.71 bits per heavy atom. The largest absolute Gasteiger partial charge is 0.293 e. The molecule has 0 atom stereocenters. The second-order valence-electron chi connectivity index (χ2n) is 6.87. The molecule has 1 aliphatic heterocycles. The molecule has 0 radical (unpaired) electrons. The first-order chi connectivity index (χ1) is 15.0. The van der Waals surface area contributed by atoms with Crippen LogP contribution in [0, 0.1) is 0 Å². The Hall–Kier alpha value is -2.26. The van der Waals surface area contributed by atoms with Crippen LogP contribution in [0.2, 0.25) is 10.0 Å². The molecule has 1 saturated heterocycles. The molecule has 1 amide bonds. The van der Waals surface area contributed by atoms with Gasteiger partial charge in [0.2, 0.25) is 0 Å². The SMILES string of the molecule is O=C1/C(=C/c2cccc(-c3ccc(Cl)c(Cl)c3)c2)SC(=S)N1CCCCc1nn[nH]n1. The molecule has 1 aromatic heterocycles. The van der Waals surface area contributed by atoms with E-state index >= 15 is 0 Å². The fourth-order valence-electron chi connectivity index (χ4n) is 3.17. The third-order valence-corrected chi connectivity index (χ3v) is 6.85. The third kappa shape index (κ3) is 5.33. The highest BCUT2D eigenvalue weighted by Gasteiger charge is 2.31. The van der Waals surface area contributed by atoms with Crippen molar-refractivity contribution in [3.63, 3.8) is 0 Å². The zero-order valence-electron chi connectivity index (χ0n) is 16.2. The number of thioether (sulfide) groups is 1. The van der Waals surface area contributed by atoms with Gasteiger partial charge in [-0.05, 0) is 53.8 Å². The molecule has 158 valence electrons. The normalized spacial score (nSPS) is 15.3. The number of halogens is 2. The van der Waals surface area contributed by atoms with Crippen LogP contribution < -0.4 is 0 Å². The van der Waals surface area contributed by atoms with Gasteiger partial charge in [-0.1, -0.05) is 76.7 Å². The third-order valence-electron chi connectivity index (χ3n) is 4.73. The number of amides is 1. The zero-order valence-corrected chi connectivity index (χ0v) is 19.4. The summed E-state index contributed by atoms with van der Waals surface area (Å²) >= 11 is 18.9. The van der Waals surface area contributed by atoms with Crippen molar-refractivity contribution < 1.29 is 4.79 Å². The lowest BCUT2D eigenvalue weighted by Crippen LogP contribution is -2.29. The minimum Gasteiger partial charge on any atom is -0.293 e. The Labute approximate surface area is 199 Å². The summed E-state index contributed by atoms with van der Waals surface area (Å²) in [5, 5.41) is 14.9. The molecule has 2 aromatic carbocycles. The van der Waals surface area contributed by atoms with Crippen LogP contribution in [-0.4, -0.2) is 42.3 Å². The Morgan fingerprint density at radius 2 is 1.94 bits per heavy atom. The maximum atomic E-state index is 12.9. The predicted molar refractivity (Wildman–Crippen MR) is 129 cm³/mol. The van der Waals surface area contributed by atoms with Gasteiger partial charge in [-0.15, -0.1) is 10.2 Å². The molecule has 0 bridgehead atoms. The number of hydrogen-bond acceptors (Lipinski definition) is 6. The maximum absolute atomic E-state index is 12.9. The van der Waals surface area contributed by atoms with E-state index in [4.69, 9.17) is 35.4 Å². The van der Waals surface area contributed by atoms with Crippen molar-refractivity contribution in [1.82, 2.24) is 25.5 Å². The summed E-state index contributed by atoms with van der Waals surface area (Å²) in [5.41, 5.74) is 2.87. The Bertz CT molecular complexity index is 1150. The lowest BCUT2D eigenvalue weighted by atomic mass is 10.0. The van der Waals surface area contributed by atoms with E-state index < -0.39 is 0 Å². The molecular formula is C21H17Cl2N5OS2. The van der Waals surface area contributed by atoms with Crippen LogP contribution in [0.1, 0.15) is 24.2 Å². The van der Waals surface area contributed by atoms with Crippen LogP contribution in [0.25, 0.3) is 17.2 Å². The lowest BCUT2D eigenvalue weighted by Gasteiger charge is -2.13. The number of rotatable bonds is 7. The molecule has 0 spiro atoms. The Balaban J connectivity index is 1.43. The highest BCUT2D eigenvalue weighted by molar-refractivity contribution is 8.26. The number of thiocarbonyl (C=S) groups is 1. The fraction of sp³-hybridized carbons (Fsp3) is 0.190. The van der Waals surface area contributed by atoms with E-state index in [1.165, 1.54) is 11.8 Å². The topological polar surface area (TPSA) is 74.8 Å². The number of unbranched alkanes of at least 4 members (excludes halogenated alkanes) is 1. The van der Waals surface area contributed by atoms with Gasteiger partial charge >= 0.3 is 0 Å². The first-order valence-electron chi connectivity index (χ1n) is 9.54. The van der Waals surface area contributed by atoms with Gasteiger partial charge in [-0.3, -0.25) is 9.69 Å². The van der Waals surface area contributed by atoms with Gasteiger partial charge in [0.15, 0.2) is 5.82 Å². The van der Waals surface area contributed by atoms with Crippen LogP contribution in [0.5, 0.6) is 0 Å². The number of H-pyrrole nitrogens is 1. The molecule has 2 heterocycles. The molecule has 3 aromatic rings. The highest BCUT2D eigenvalue weighted by Crippen LogP contribution is 2.34. The van der Waals surface area contributed by atoms with Gasteiger partial charge in [-0.2, -0.15) is 5.21 Å². The van der Waals surface area contributed by atoms with E-state index in [1.807, 2.05) is 42.5 Å². The first kappa shape index (κ1) is 22.0. The summed E-state index contributed by atoms with van der Waals surface area (Å²) in [6.45, 7) is 0.573. The Kier molecular flexibility index (Phi) is 7.02. The molecule has 1 N–H and O–H groups in total. The van der Waals surface area contributed by atoms with Crippen molar-refractivity contribution in [2.45, 2.75) is 19.3 Å². The van der Waals surface area contributed by atoms with Crippen LogP contribution in [0.4, 0.5) is 0 Å². The van der Waals surface area contributed by atoms with Crippen molar-refractivity contribution in [1.29, 1.82) is 0 Å². The number of carbonyl (C=O) groups excluding carboxylic acids is 1. The number of benzene rings is 2. The van der Waals surface area contributed by atoms with Crippen molar-refractivity contribution in [2.75, 3.05) is 6.54 Å². The summed E-state index contributed by atoms with van der Waals surface area (Å²) in [7, 11) is 0. The van der Waals surface area contributed by atoms with Crippen LogP contribution in [0.15, 0.2) is 47.4 Å². The average molecular weight is 490 g/mol. The number of carbonyl (C=O) groups is 1. The number of aromatic nitrogens is 4. The molecular weight excluding hydrogens is 473 g/mol. The van der Waals surface area contributed by atoms with E-state index in [-0.39, 0.29) is 5.91 Å². The fourth-order valence-corrected chi connectivity index (χ4v) is 4.78. The molecule has 0 aliphatic carbocycles. The van der Waals surface area contributed by atoms with Crippen molar-refractivity contribution in [3.05, 3.63) is 68.8 Å². The predicted octanol–water partition coefficient (Wildman–Crippen LogP) is 5.40. The first-order valence-corrected chi connectivity index (χ1v) is 11.5. The van der Waals surface area contributed by atoms with Gasteiger partial charge < -0.3 is 0 Å². The van der Waals surface area contributed by atoms with E-state index in [9.17, 15) is 4.79 Å². The van der Waals surface area contributed by atoms with Crippen LogP contribution in [-0.2, 0) is 11.2 Å². The van der Waals surface area contributed by atoms with Gasteiger partial charge in [0, 0.05) is 13.0 Å². The second kappa shape index (κ2) is 9.91. The smallest absolute Gasteiger partial charge is 0.266 e. The summed E-state index contributed by atoms with van der Waals surface area (Å²) in [6, 6.07) is 13.4. The van der Waals surface area contributed by atoms with Crippen LogP contribution in [0.3, 0.4) is 0 Å². The van der Waals surface area contributed by atoms with Gasteiger partial charge in [-0.25, -0.2) is 0 Å². The maximum Gasteiger partial charge on any atom is 0.266 e. The zero-order chi connectivity index (χ0) is 21.8. The van der Waals surface area contributed by atoms with Crippen molar-refractivity contribution >= 4 is 63.5 Å². The molecule has 6 nitrogen and oxygen atoms in total. The summed E-state index contributed by atoms with van der Waals surface area (Å²) in [5.74, 6) is 0.613. The van der Waals surface area contributed by atoms with E-state index in [0.717, 1.165) is 29.5 Å². The number of aryl methyl sites for hydroxylation is 1. The minimum absolute atomic E-state index is 0.0606. The molecule has 1 fully saturated rings. The number of tetrazole rings is 1. The number of nitrogens with one attached hydrogen (secondary N) is 1. The minimum atomic E-state index is -0.0606. The molecule has 4 rings (SSSR count). The molecule has 31 heavy (non-hydrogen) atoms. The van der Waals surface area contributed by atoms with Gasteiger partial charge in [0.05, 0.1) is 15.0 Å². The monoisotopic (exact) mass is 489 g/mol. The summed E-state index contributed by atoms with van der Waals surface area (Å²) in [6.07, 6.45) is 4.24. The van der Waals surface area contributed by atoms with Gasteiger partial charge in [0.25, 0.3) is 5.91 Å². The number of nitrogens with zero attached hydrogens (tertiary/aromatic N) is 4. The molecule has 10 heteroatoms. The Morgan fingerprint density at radius 1 is 1.10 bits per heavy atom. The molecule has 1 aliphatic rings. The number of aromatic amines is 1. The highest BCUT2D eigenvalue weighted by atomic mass is 35.5. The lowest BCUT2D eigenvalue weighted by molar-refractivity contribution is -0.122. The number of hydrogen-bond donors (Lipinski definition) is 1. The second-order valence-corrected chi connectivity index (χ2v) is 9.36. The molecule has 0 saturated carbocycles. The standard InChI is InChI=1S/C21H17Cl2N5OS2/c22-16-8-7-15(12-17(16)23)14-5-3-4-13(10-14)11-18-20(29)28(21(30)31-18)9-2-1-6-19-24-26-27-25-19/h3-5,7-8,10-12H,1-2,6,9H2,(H,24,25,26,27)/b18-11-. The summed E-state index contributed by atoms with van der Waals surface area (Å²) in [4.78, 5) is 15.1. The average Bonchev–Trinajstić information content (AvgIpc) is 3.37. The van der Waals surface area contributed by atoms with E-state index in [1.54, 1.807) is 11.0 Å². The van der Waals surface area contributed by atoms with E-state index in [0.29, 0.717) is 38.1 Å². The van der Waals surface area contributed by atoms with Crippen molar-refractivity contribution in [2.24, 2.45) is 0 Å². The molecule has 0 unspecified atom stereocenters. The van der Waals surface area contributed by atoms with Gasteiger partial charge in [0.1, 0.15) is 4.32 Å².